The van der Waals surface area contributed by atoms with Crippen LogP contribution >= 0.6 is 11.6 Å². The van der Waals surface area contributed by atoms with E-state index in [9.17, 15) is 13.5 Å². The Morgan fingerprint density at radius 1 is 1.36 bits per heavy atom. The van der Waals surface area contributed by atoms with E-state index in [2.05, 4.69) is 5.32 Å². The number of halogens is 1. The number of nitrogens with zero attached hydrogens (tertiary/aromatic N) is 1. The molecule has 2 aliphatic rings. The van der Waals surface area contributed by atoms with Crippen molar-refractivity contribution >= 4 is 21.6 Å². The first-order valence-electron chi connectivity index (χ1n) is 8.38. The molecule has 0 radical (unpaired) electrons. The fourth-order valence-corrected chi connectivity index (χ4v) is 4.26. The smallest absolute Gasteiger partial charge is 0.243 e. The molecule has 0 aromatic heterocycles. The van der Waals surface area contributed by atoms with Crippen molar-refractivity contribution < 1.29 is 23.0 Å². The highest BCUT2D eigenvalue weighted by molar-refractivity contribution is 7.89. The average molecular weight is 391 g/mol. The molecule has 1 aliphatic heterocycles. The summed E-state index contributed by atoms with van der Waals surface area (Å²) in [6.45, 7) is 2.00. The van der Waals surface area contributed by atoms with Gasteiger partial charge in [0.1, 0.15) is 18.5 Å². The van der Waals surface area contributed by atoms with Gasteiger partial charge in [0, 0.05) is 25.7 Å². The van der Waals surface area contributed by atoms with Crippen LogP contribution in [0.2, 0.25) is 5.02 Å². The van der Waals surface area contributed by atoms with Crippen molar-refractivity contribution in [3.8, 4) is 5.75 Å². The summed E-state index contributed by atoms with van der Waals surface area (Å²) in [6.07, 6.45) is 1.66. The zero-order chi connectivity index (χ0) is 17.9. The predicted octanol–water partition coefficient (Wildman–Crippen LogP) is 0.853. The van der Waals surface area contributed by atoms with Crippen molar-refractivity contribution in [2.24, 2.45) is 0 Å². The molecule has 0 amide bonds. The number of aliphatic hydroxyl groups is 1. The summed E-state index contributed by atoms with van der Waals surface area (Å²) in [5.41, 5.74) is 0. The van der Waals surface area contributed by atoms with E-state index in [1.807, 2.05) is 0 Å². The number of benzene rings is 1. The van der Waals surface area contributed by atoms with Crippen LogP contribution in [0.1, 0.15) is 12.8 Å². The number of ether oxygens (including phenoxy) is 2. The summed E-state index contributed by atoms with van der Waals surface area (Å²) >= 11 is 6.17. The summed E-state index contributed by atoms with van der Waals surface area (Å²) in [5, 5.41) is 13.3. The van der Waals surface area contributed by atoms with E-state index in [0.717, 1.165) is 12.8 Å². The van der Waals surface area contributed by atoms with E-state index in [1.54, 1.807) is 0 Å². The van der Waals surface area contributed by atoms with Gasteiger partial charge in [-0.15, -0.1) is 0 Å². The molecule has 7 nitrogen and oxygen atoms in total. The van der Waals surface area contributed by atoms with E-state index in [1.165, 1.54) is 22.5 Å². The van der Waals surface area contributed by atoms with Crippen molar-refractivity contribution in [2.45, 2.75) is 29.9 Å². The van der Waals surface area contributed by atoms with Crippen molar-refractivity contribution in [3.05, 3.63) is 23.2 Å². The second-order valence-corrected chi connectivity index (χ2v) is 8.60. The molecule has 1 saturated heterocycles. The van der Waals surface area contributed by atoms with E-state index in [4.69, 9.17) is 21.1 Å². The Labute approximate surface area is 152 Å². The molecule has 1 heterocycles. The third-order valence-electron chi connectivity index (χ3n) is 4.16. The van der Waals surface area contributed by atoms with Crippen LogP contribution in [0.5, 0.6) is 5.75 Å². The first-order chi connectivity index (χ1) is 12.0. The minimum atomic E-state index is -3.59. The van der Waals surface area contributed by atoms with Gasteiger partial charge < -0.3 is 19.9 Å². The fourth-order valence-electron chi connectivity index (χ4n) is 2.53. The highest BCUT2D eigenvalue weighted by Gasteiger charge is 2.27. The van der Waals surface area contributed by atoms with Crippen LogP contribution in [0.25, 0.3) is 0 Å². The van der Waals surface area contributed by atoms with Gasteiger partial charge in [-0.05, 0) is 31.0 Å². The highest BCUT2D eigenvalue weighted by Crippen LogP contribution is 2.29. The quantitative estimate of drug-likeness (QED) is 0.684. The van der Waals surface area contributed by atoms with Crippen LogP contribution in [0, 0.1) is 0 Å². The highest BCUT2D eigenvalue weighted by atomic mass is 35.5. The summed E-state index contributed by atoms with van der Waals surface area (Å²) in [5.74, 6) is 0.355. The molecule has 3 rings (SSSR count). The topological polar surface area (TPSA) is 88.1 Å². The molecular formula is C16H23ClN2O5S. The molecule has 1 aromatic carbocycles. The largest absolute Gasteiger partial charge is 0.489 e. The standard InChI is InChI=1S/C16H23ClN2O5S/c17-15-9-14(25(21,22)19-5-7-23-8-6-19)3-4-16(15)24-11-13(20)10-18-12-1-2-12/h3-4,9,12-13,18,20H,1-2,5-8,10-11H2/t13-/m1/s1. The molecular weight excluding hydrogens is 368 g/mol. The van der Waals surface area contributed by atoms with Gasteiger partial charge in [-0.3, -0.25) is 0 Å². The van der Waals surface area contributed by atoms with Crippen molar-refractivity contribution in [1.29, 1.82) is 0 Å². The third kappa shape index (κ3) is 5.06. The number of sulfonamides is 1. The summed E-state index contributed by atoms with van der Waals surface area (Å²) in [4.78, 5) is 0.127. The molecule has 0 bridgehead atoms. The molecule has 1 atom stereocenters. The molecule has 1 aromatic rings. The summed E-state index contributed by atoms with van der Waals surface area (Å²) < 4.78 is 37.3. The second-order valence-electron chi connectivity index (χ2n) is 6.26. The van der Waals surface area contributed by atoms with Crippen LogP contribution in [0.3, 0.4) is 0 Å². The number of hydrogen-bond acceptors (Lipinski definition) is 6. The number of hydrogen-bond donors (Lipinski definition) is 2. The third-order valence-corrected chi connectivity index (χ3v) is 6.35. The first-order valence-corrected chi connectivity index (χ1v) is 10.2. The van der Waals surface area contributed by atoms with Gasteiger partial charge in [0.15, 0.2) is 0 Å². The van der Waals surface area contributed by atoms with Crippen LogP contribution in [0.4, 0.5) is 0 Å². The maximum Gasteiger partial charge on any atom is 0.243 e. The van der Waals surface area contributed by atoms with Gasteiger partial charge in [-0.1, -0.05) is 11.6 Å². The van der Waals surface area contributed by atoms with Crippen molar-refractivity contribution in [2.75, 3.05) is 39.5 Å². The molecule has 2 fully saturated rings. The van der Waals surface area contributed by atoms with Gasteiger partial charge in [0.2, 0.25) is 10.0 Å². The Hall–Kier alpha value is -0.900. The Morgan fingerprint density at radius 3 is 2.72 bits per heavy atom. The number of nitrogens with one attached hydrogen (secondary N) is 1. The summed E-state index contributed by atoms with van der Waals surface area (Å²) in [7, 11) is -3.59. The lowest BCUT2D eigenvalue weighted by Crippen LogP contribution is -2.40. The molecule has 2 N–H and O–H groups in total. The van der Waals surface area contributed by atoms with E-state index in [0.29, 0.717) is 44.6 Å². The van der Waals surface area contributed by atoms with Gasteiger partial charge in [0.05, 0.1) is 23.1 Å². The van der Waals surface area contributed by atoms with E-state index in [-0.39, 0.29) is 16.5 Å². The molecule has 140 valence electrons. The maximum atomic E-state index is 12.6. The van der Waals surface area contributed by atoms with Gasteiger partial charge in [0.25, 0.3) is 0 Å². The van der Waals surface area contributed by atoms with E-state index < -0.39 is 16.1 Å². The normalized spacial score (nSPS) is 20.4. The molecule has 25 heavy (non-hydrogen) atoms. The van der Waals surface area contributed by atoms with Crippen LogP contribution in [0.15, 0.2) is 23.1 Å². The SMILES string of the molecule is O=S(=O)(c1ccc(OC[C@H](O)CNC2CC2)c(Cl)c1)N1CCOCC1. The lowest BCUT2D eigenvalue weighted by Gasteiger charge is -2.26. The number of rotatable bonds is 8. The minimum Gasteiger partial charge on any atom is -0.489 e. The predicted molar refractivity (Wildman–Crippen MR) is 93.6 cm³/mol. The summed E-state index contributed by atoms with van der Waals surface area (Å²) in [6, 6.07) is 4.90. The lowest BCUT2D eigenvalue weighted by atomic mass is 10.3. The Balaban J connectivity index is 1.59. The van der Waals surface area contributed by atoms with Crippen molar-refractivity contribution in [1.82, 2.24) is 9.62 Å². The van der Waals surface area contributed by atoms with Crippen LogP contribution < -0.4 is 10.1 Å². The number of morpholine rings is 1. The number of aliphatic hydroxyl groups excluding tert-OH is 1. The van der Waals surface area contributed by atoms with Crippen molar-refractivity contribution in [3.63, 3.8) is 0 Å². The molecule has 1 aliphatic carbocycles. The Morgan fingerprint density at radius 2 is 2.08 bits per heavy atom. The zero-order valence-electron chi connectivity index (χ0n) is 13.9. The average Bonchev–Trinajstić information content (AvgIpc) is 3.44. The lowest BCUT2D eigenvalue weighted by molar-refractivity contribution is 0.0730. The van der Waals surface area contributed by atoms with E-state index >= 15 is 0 Å². The maximum absolute atomic E-state index is 12.6. The second kappa shape index (κ2) is 8.20. The van der Waals surface area contributed by atoms with Gasteiger partial charge in [-0.25, -0.2) is 8.42 Å². The minimum absolute atomic E-state index is 0.0923. The molecule has 0 spiro atoms. The molecule has 1 saturated carbocycles. The van der Waals surface area contributed by atoms with Gasteiger partial charge in [-0.2, -0.15) is 4.31 Å². The zero-order valence-corrected chi connectivity index (χ0v) is 15.4. The monoisotopic (exact) mass is 390 g/mol. The first kappa shape index (κ1) is 18.9. The molecule has 0 unspecified atom stereocenters. The fraction of sp³-hybridized carbons (Fsp3) is 0.625. The molecule has 9 heteroatoms. The van der Waals surface area contributed by atoms with Crippen LogP contribution in [-0.4, -0.2) is 69.4 Å². The Bertz CT molecular complexity index is 690. The Kier molecular flexibility index (Phi) is 6.19. The van der Waals surface area contributed by atoms with Gasteiger partial charge >= 0.3 is 0 Å². The van der Waals surface area contributed by atoms with Crippen LogP contribution in [-0.2, 0) is 14.8 Å².